The summed E-state index contributed by atoms with van der Waals surface area (Å²) in [6.07, 6.45) is 5.18. The minimum atomic E-state index is -0.168. The molecule has 2 atom stereocenters. The van der Waals surface area contributed by atoms with Crippen molar-refractivity contribution in [1.82, 2.24) is 9.47 Å². The average molecular weight is 323 g/mol. The van der Waals surface area contributed by atoms with E-state index in [-0.39, 0.29) is 11.6 Å². The number of anilines is 1. The average Bonchev–Trinajstić information content (AvgIpc) is 3.23. The van der Waals surface area contributed by atoms with Crippen LogP contribution in [0.2, 0.25) is 0 Å². The molecule has 1 aliphatic heterocycles. The standard InChI is InChI=1S/C19H21N3O2/c23-18-17(20-19(24)22-13-15-8-9-16(22)11-15)7-4-10-21(18)12-14-5-2-1-3-6-14/h1-7,10,15-16H,8-9,11-13H2,(H,20,24)/t15-,16-/m0/s1. The van der Waals surface area contributed by atoms with E-state index < -0.39 is 0 Å². The Morgan fingerprint density at radius 3 is 2.67 bits per heavy atom. The molecule has 2 amide bonds. The number of carbonyl (C=O) groups excluding carboxylic acids is 1. The van der Waals surface area contributed by atoms with E-state index in [4.69, 9.17) is 0 Å². The summed E-state index contributed by atoms with van der Waals surface area (Å²) in [4.78, 5) is 27.0. The highest BCUT2D eigenvalue weighted by atomic mass is 16.2. The minimum Gasteiger partial charge on any atom is -0.321 e. The number of amides is 2. The van der Waals surface area contributed by atoms with Gasteiger partial charge in [-0.25, -0.2) is 4.79 Å². The molecule has 1 saturated heterocycles. The van der Waals surface area contributed by atoms with Crippen molar-refractivity contribution < 1.29 is 4.79 Å². The monoisotopic (exact) mass is 323 g/mol. The zero-order valence-corrected chi connectivity index (χ0v) is 13.5. The Hall–Kier alpha value is -2.56. The first-order valence-corrected chi connectivity index (χ1v) is 8.52. The number of nitrogens with one attached hydrogen (secondary N) is 1. The Morgan fingerprint density at radius 1 is 1.12 bits per heavy atom. The zero-order chi connectivity index (χ0) is 16.5. The number of pyridine rings is 1. The number of piperidine rings is 1. The fourth-order valence-electron chi connectivity index (χ4n) is 3.90. The van der Waals surface area contributed by atoms with E-state index >= 15 is 0 Å². The quantitative estimate of drug-likeness (QED) is 0.944. The van der Waals surface area contributed by atoms with Crippen molar-refractivity contribution in [2.75, 3.05) is 11.9 Å². The van der Waals surface area contributed by atoms with Gasteiger partial charge in [0, 0.05) is 18.8 Å². The number of benzene rings is 1. The van der Waals surface area contributed by atoms with E-state index in [0.717, 1.165) is 24.9 Å². The molecule has 1 saturated carbocycles. The summed E-state index contributed by atoms with van der Waals surface area (Å²) in [5.74, 6) is 0.645. The summed E-state index contributed by atoms with van der Waals surface area (Å²) in [6, 6.07) is 13.5. The molecule has 1 N–H and O–H groups in total. The van der Waals surface area contributed by atoms with Gasteiger partial charge in [-0.15, -0.1) is 0 Å². The van der Waals surface area contributed by atoms with Gasteiger partial charge in [-0.2, -0.15) is 0 Å². The lowest BCUT2D eigenvalue weighted by Gasteiger charge is -2.27. The first-order chi connectivity index (χ1) is 11.7. The van der Waals surface area contributed by atoms with Crippen molar-refractivity contribution in [3.05, 3.63) is 64.6 Å². The summed E-state index contributed by atoms with van der Waals surface area (Å²) in [5, 5.41) is 2.82. The second-order valence-electron chi connectivity index (χ2n) is 6.76. The smallest absolute Gasteiger partial charge is 0.321 e. The Bertz CT molecular complexity index is 800. The summed E-state index contributed by atoms with van der Waals surface area (Å²) in [6.45, 7) is 1.32. The highest BCUT2D eigenvalue weighted by molar-refractivity contribution is 5.89. The van der Waals surface area contributed by atoms with Crippen LogP contribution >= 0.6 is 0 Å². The zero-order valence-electron chi connectivity index (χ0n) is 13.5. The molecule has 4 rings (SSSR count). The third-order valence-electron chi connectivity index (χ3n) is 5.13. The molecule has 1 aromatic carbocycles. The highest BCUT2D eigenvalue weighted by Gasteiger charge is 2.40. The van der Waals surface area contributed by atoms with Crippen molar-refractivity contribution >= 4 is 11.7 Å². The topological polar surface area (TPSA) is 54.3 Å². The molecule has 1 aliphatic carbocycles. The molecule has 2 aromatic rings. The van der Waals surface area contributed by atoms with Crippen LogP contribution in [0.25, 0.3) is 0 Å². The molecule has 24 heavy (non-hydrogen) atoms. The van der Waals surface area contributed by atoms with Crippen LogP contribution in [-0.2, 0) is 6.54 Å². The van der Waals surface area contributed by atoms with E-state index in [1.807, 2.05) is 35.2 Å². The predicted octanol–water partition coefficient (Wildman–Crippen LogP) is 2.91. The maximum absolute atomic E-state index is 12.6. The molecule has 2 fully saturated rings. The number of rotatable bonds is 3. The number of fused-ring (bicyclic) bond motifs is 2. The van der Waals surface area contributed by atoms with Gasteiger partial charge < -0.3 is 14.8 Å². The Labute approximate surface area is 140 Å². The summed E-state index contributed by atoms with van der Waals surface area (Å²) in [7, 11) is 0. The van der Waals surface area contributed by atoms with Gasteiger partial charge in [0.25, 0.3) is 5.56 Å². The number of aromatic nitrogens is 1. The van der Waals surface area contributed by atoms with Crippen LogP contribution in [0.15, 0.2) is 53.5 Å². The molecule has 5 nitrogen and oxygen atoms in total. The number of likely N-dealkylation sites (tertiary alicyclic amines) is 1. The molecule has 0 unspecified atom stereocenters. The Kier molecular flexibility index (Phi) is 3.84. The van der Waals surface area contributed by atoms with Gasteiger partial charge in [-0.1, -0.05) is 30.3 Å². The van der Waals surface area contributed by atoms with E-state index in [2.05, 4.69) is 5.32 Å². The lowest BCUT2D eigenvalue weighted by molar-refractivity contribution is 0.194. The maximum atomic E-state index is 12.6. The first-order valence-electron chi connectivity index (χ1n) is 8.52. The number of hydrogen-bond acceptors (Lipinski definition) is 2. The first kappa shape index (κ1) is 15.0. The molecule has 1 aromatic heterocycles. The van der Waals surface area contributed by atoms with Gasteiger partial charge in [0.2, 0.25) is 0 Å². The molecule has 0 radical (unpaired) electrons. The Morgan fingerprint density at radius 2 is 1.96 bits per heavy atom. The van der Waals surface area contributed by atoms with Crippen LogP contribution in [0.4, 0.5) is 10.5 Å². The van der Waals surface area contributed by atoms with Gasteiger partial charge in [-0.3, -0.25) is 4.79 Å². The molecule has 2 aliphatic rings. The SMILES string of the molecule is O=C(Nc1cccn(Cc2ccccc2)c1=O)N1C[C@H]2CC[C@H]1C2. The fraction of sp³-hybridized carbons (Fsp3) is 0.368. The van der Waals surface area contributed by atoms with Crippen molar-refractivity contribution in [3.8, 4) is 0 Å². The second kappa shape index (κ2) is 6.15. The van der Waals surface area contributed by atoms with Crippen LogP contribution < -0.4 is 10.9 Å². The van der Waals surface area contributed by atoms with Crippen LogP contribution in [-0.4, -0.2) is 28.1 Å². The summed E-state index contributed by atoms with van der Waals surface area (Å²) >= 11 is 0. The molecule has 2 bridgehead atoms. The van der Waals surface area contributed by atoms with Gasteiger partial charge in [-0.05, 0) is 42.9 Å². The number of nitrogens with zero attached hydrogens (tertiary/aromatic N) is 2. The second-order valence-corrected chi connectivity index (χ2v) is 6.76. The maximum Gasteiger partial charge on any atom is 0.322 e. The lowest BCUT2D eigenvalue weighted by Crippen LogP contribution is -2.41. The summed E-state index contributed by atoms with van der Waals surface area (Å²) < 4.78 is 1.63. The van der Waals surface area contributed by atoms with Gasteiger partial charge in [0.05, 0.1) is 6.54 Å². The number of carbonyl (C=O) groups is 1. The minimum absolute atomic E-state index is 0.142. The van der Waals surface area contributed by atoms with Crippen LogP contribution in [0.1, 0.15) is 24.8 Å². The Balaban J connectivity index is 1.50. The van der Waals surface area contributed by atoms with Crippen molar-refractivity contribution in [2.24, 2.45) is 5.92 Å². The van der Waals surface area contributed by atoms with Crippen molar-refractivity contribution in [3.63, 3.8) is 0 Å². The van der Waals surface area contributed by atoms with E-state index in [1.165, 1.54) is 6.42 Å². The number of hydrogen-bond donors (Lipinski definition) is 1. The molecule has 5 heteroatoms. The van der Waals surface area contributed by atoms with Crippen LogP contribution in [0, 0.1) is 5.92 Å². The van der Waals surface area contributed by atoms with Gasteiger partial charge in [0.1, 0.15) is 5.69 Å². The molecular weight excluding hydrogens is 302 g/mol. The fourth-order valence-corrected chi connectivity index (χ4v) is 3.90. The summed E-state index contributed by atoms with van der Waals surface area (Å²) in [5.41, 5.74) is 1.24. The third kappa shape index (κ3) is 2.82. The molecule has 124 valence electrons. The van der Waals surface area contributed by atoms with Crippen molar-refractivity contribution in [1.29, 1.82) is 0 Å². The highest BCUT2D eigenvalue weighted by Crippen LogP contribution is 2.37. The van der Waals surface area contributed by atoms with Gasteiger partial charge in [0.15, 0.2) is 0 Å². The normalized spacial score (nSPS) is 21.9. The number of urea groups is 1. The van der Waals surface area contributed by atoms with E-state index in [0.29, 0.717) is 24.2 Å². The van der Waals surface area contributed by atoms with Crippen LogP contribution in [0.5, 0.6) is 0 Å². The van der Waals surface area contributed by atoms with E-state index in [9.17, 15) is 9.59 Å². The molecular formula is C19H21N3O2. The molecule has 2 heterocycles. The molecule has 0 spiro atoms. The van der Waals surface area contributed by atoms with Gasteiger partial charge >= 0.3 is 6.03 Å². The largest absolute Gasteiger partial charge is 0.322 e. The van der Waals surface area contributed by atoms with Crippen molar-refractivity contribution in [2.45, 2.75) is 31.8 Å². The van der Waals surface area contributed by atoms with E-state index in [1.54, 1.807) is 22.9 Å². The lowest BCUT2D eigenvalue weighted by atomic mass is 10.1. The third-order valence-corrected chi connectivity index (χ3v) is 5.13. The van der Waals surface area contributed by atoms with Crippen LogP contribution in [0.3, 0.4) is 0 Å². The predicted molar refractivity (Wildman–Crippen MR) is 93.1 cm³/mol.